The molecule has 2 aromatic rings. The van der Waals surface area contributed by atoms with E-state index in [2.05, 4.69) is 22.5 Å². The van der Waals surface area contributed by atoms with Crippen LogP contribution in [-0.4, -0.2) is 22.3 Å². The topological polar surface area (TPSA) is 71.1 Å². The Morgan fingerprint density at radius 2 is 2.26 bits per heavy atom. The molecule has 0 spiro atoms. The fraction of sp³-hybridized carbons (Fsp3) is 0.471. The zero-order valence-electron chi connectivity index (χ0n) is 13.2. The Balaban J connectivity index is 1.50. The standard InChI is InChI=1S/C17H21N3O2S/c1-2-17(10-8-15(22)20-17)9-7-14(21)18-11-16-19-12-5-3-4-6-13(12)23-16/h3-6H,2,7-11H2,1H3,(H,18,21)(H,20,22). The summed E-state index contributed by atoms with van der Waals surface area (Å²) in [5.41, 5.74) is 0.782. The quantitative estimate of drug-likeness (QED) is 0.855. The van der Waals surface area contributed by atoms with Crippen LogP contribution < -0.4 is 10.6 Å². The van der Waals surface area contributed by atoms with Gasteiger partial charge in [0.2, 0.25) is 11.8 Å². The Labute approximate surface area is 139 Å². The van der Waals surface area contributed by atoms with E-state index < -0.39 is 0 Å². The summed E-state index contributed by atoms with van der Waals surface area (Å²) in [4.78, 5) is 28.0. The number of benzene rings is 1. The first kappa shape index (κ1) is 15.9. The summed E-state index contributed by atoms with van der Waals surface area (Å²) in [6.07, 6.45) is 3.39. The second kappa shape index (κ2) is 6.66. The number of aromatic nitrogens is 1. The predicted octanol–water partition coefficient (Wildman–Crippen LogP) is 2.75. The Kier molecular flexibility index (Phi) is 4.61. The van der Waals surface area contributed by atoms with Crippen molar-refractivity contribution in [1.29, 1.82) is 0 Å². The van der Waals surface area contributed by atoms with Gasteiger partial charge in [-0.05, 0) is 31.4 Å². The van der Waals surface area contributed by atoms with Gasteiger partial charge in [-0.1, -0.05) is 19.1 Å². The van der Waals surface area contributed by atoms with Crippen LogP contribution in [0.5, 0.6) is 0 Å². The zero-order chi connectivity index (χ0) is 16.3. The molecule has 1 saturated heterocycles. The first-order valence-corrected chi connectivity index (χ1v) is 8.84. The Hall–Kier alpha value is -1.95. The highest BCUT2D eigenvalue weighted by Crippen LogP contribution is 2.28. The number of rotatable bonds is 6. The number of hydrogen-bond acceptors (Lipinski definition) is 4. The molecule has 0 bridgehead atoms. The molecule has 2 heterocycles. The third kappa shape index (κ3) is 3.69. The smallest absolute Gasteiger partial charge is 0.220 e. The number of carbonyl (C=O) groups is 2. The fourth-order valence-electron chi connectivity index (χ4n) is 3.01. The summed E-state index contributed by atoms with van der Waals surface area (Å²) in [6, 6.07) is 7.96. The van der Waals surface area contributed by atoms with Gasteiger partial charge in [0.15, 0.2) is 0 Å². The van der Waals surface area contributed by atoms with Crippen molar-refractivity contribution in [3.05, 3.63) is 29.3 Å². The molecule has 2 amide bonds. The van der Waals surface area contributed by atoms with Crippen molar-refractivity contribution in [1.82, 2.24) is 15.6 Å². The second-order valence-electron chi connectivity index (χ2n) is 6.03. The van der Waals surface area contributed by atoms with Crippen LogP contribution in [0.15, 0.2) is 24.3 Å². The maximum atomic E-state index is 12.1. The molecule has 0 aliphatic carbocycles. The molecule has 1 atom stereocenters. The van der Waals surface area contributed by atoms with E-state index in [1.807, 2.05) is 24.3 Å². The summed E-state index contributed by atoms with van der Waals surface area (Å²) >= 11 is 1.60. The monoisotopic (exact) mass is 331 g/mol. The molecule has 1 aliphatic rings. The summed E-state index contributed by atoms with van der Waals surface area (Å²) in [5.74, 6) is 0.111. The number of nitrogens with zero attached hydrogens (tertiary/aromatic N) is 1. The summed E-state index contributed by atoms with van der Waals surface area (Å²) in [7, 11) is 0. The number of thiazole rings is 1. The highest BCUT2D eigenvalue weighted by molar-refractivity contribution is 7.18. The molecule has 122 valence electrons. The minimum absolute atomic E-state index is 0.0123. The molecular weight excluding hydrogens is 310 g/mol. The molecule has 5 nitrogen and oxygen atoms in total. The fourth-order valence-corrected chi connectivity index (χ4v) is 3.92. The van der Waals surface area contributed by atoms with Crippen molar-refractivity contribution in [2.75, 3.05) is 0 Å². The Bertz CT molecular complexity index is 694. The maximum absolute atomic E-state index is 12.1. The van der Waals surface area contributed by atoms with Crippen LogP contribution in [0.25, 0.3) is 10.2 Å². The van der Waals surface area contributed by atoms with Crippen molar-refractivity contribution >= 4 is 33.4 Å². The lowest BCUT2D eigenvalue weighted by molar-refractivity contribution is -0.122. The van der Waals surface area contributed by atoms with E-state index in [9.17, 15) is 9.59 Å². The van der Waals surface area contributed by atoms with Gasteiger partial charge in [0.25, 0.3) is 0 Å². The average Bonchev–Trinajstić information content (AvgIpc) is 3.14. The zero-order valence-corrected chi connectivity index (χ0v) is 14.0. The van der Waals surface area contributed by atoms with Gasteiger partial charge in [0.05, 0.1) is 16.8 Å². The first-order chi connectivity index (χ1) is 11.1. The molecule has 23 heavy (non-hydrogen) atoms. The number of nitrogens with one attached hydrogen (secondary N) is 2. The lowest BCUT2D eigenvalue weighted by Crippen LogP contribution is -2.42. The SMILES string of the molecule is CCC1(CCC(=O)NCc2nc3ccccc3s2)CCC(=O)N1. The van der Waals surface area contributed by atoms with Crippen LogP contribution in [0.4, 0.5) is 0 Å². The maximum Gasteiger partial charge on any atom is 0.220 e. The highest BCUT2D eigenvalue weighted by Gasteiger charge is 2.35. The molecular formula is C17H21N3O2S. The number of carbonyl (C=O) groups excluding carboxylic acids is 2. The summed E-state index contributed by atoms with van der Waals surface area (Å²) in [5, 5.41) is 6.88. The molecule has 2 N–H and O–H groups in total. The van der Waals surface area contributed by atoms with Gasteiger partial charge < -0.3 is 10.6 Å². The van der Waals surface area contributed by atoms with Gasteiger partial charge in [0, 0.05) is 18.4 Å². The summed E-state index contributed by atoms with van der Waals surface area (Å²) in [6.45, 7) is 2.52. The van der Waals surface area contributed by atoms with E-state index in [0.29, 0.717) is 25.8 Å². The van der Waals surface area contributed by atoms with Crippen LogP contribution in [0.3, 0.4) is 0 Å². The lowest BCUT2D eigenvalue weighted by Gasteiger charge is -2.27. The van der Waals surface area contributed by atoms with Gasteiger partial charge in [-0.15, -0.1) is 11.3 Å². The van der Waals surface area contributed by atoms with Crippen LogP contribution in [0, 0.1) is 0 Å². The first-order valence-electron chi connectivity index (χ1n) is 8.02. The van der Waals surface area contributed by atoms with E-state index >= 15 is 0 Å². The number of fused-ring (bicyclic) bond motifs is 1. The van der Waals surface area contributed by atoms with E-state index in [1.165, 1.54) is 0 Å². The van der Waals surface area contributed by atoms with Gasteiger partial charge in [0.1, 0.15) is 5.01 Å². The van der Waals surface area contributed by atoms with E-state index in [4.69, 9.17) is 0 Å². The van der Waals surface area contributed by atoms with Crippen molar-refractivity contribution in [3.8, 4) is 0 Å². The van der Waals surface area contributed by atoms with Crippen LogP contribution in [0.1, 0.15) is 44.0 Å². The molecule has 0 saturated carbocycles. The third-order valence-electron chi connectivity index (χ3n) is 4.52. The van der Waals surface area contributed by atoms with Gasteiger partial charge in [-0.3, -0.25) is 9.59 Å². The Morgan fingerprint density at radius 1 is 1.43 bits per heavy atom. The third-order valence-corrected chi connectivity index (χ3v) is 5.55. The van der Waals surface area contributed by atoms with Crippen molar-refractivity contribution < 1.29 is 9.59 Å². The van der Waals surface area contributed by atoms with Crippen LogP contribution in [-0.2, 0) is 16.1 Å². The average molecular weight is 331 g/mol. The van der Waals surface area contributed by atoms with Crippen LogP contribution >= 0.6 is 11.3 Å². The lowest BCUT2D eigenvalue weighted by atomic mass is 9.89. The molecule has 0 radical (unpaired) electrons. The minimum Gasteiger partial charge on any atom is -0.351 e. The minimum atomic E-state index is -0.190. The largest absolute Gasteiger partial charge is 0.351 e. The van der Waals surface area contributed by atoms with Gasteiger partial charge >= 0.3 is 0 Å². The van der Waals surface area contributed by atoms with E-state index in [0.717, 1.165) is 28.1 Å². The molecule has 1 fully saturated rings. The summed E-state index contributed by atoms with van der Waals surface area (Å²) < 4.78 is 1.13. The second-order valence-corrected chi connectivity index (χ2v) is 7.15. The van der Waals surface area contributed by atoms with Crippen molar-refractivity contribution in [2.24, 2.45) is 0 Å². The van der Waals surface area contributed by atoms with Crippen molar-refractivity contribution in [3.63, 3.8) is 0 Å². The Morgan fingerprint density at radius 3 is 2.96 bits per heavy atom. The molecule has 1 unspecified atom stereocenters. The molecule has 1 aromatic heterocycles. The number of amides is 2. The predicted molar refractivity (Wildman–Crippen MR) is 91.1 cm³/mol. The van der Waals surface area contributed by atoms with Crippen molar-refractivity contribution in [2.45, 2.75) is 51.1 Å². The van der Waals surface area contributed by atoms with Crippen LogP contribution in [0.2, 0.25) is 0 Å². The number of hydrogen-bond donors (Lipinski definition) is 2. The molecule has 1 aliphatic heterocycles. The molecule has 1 aromatic carbocycles. The van der Waals surface area contributed by atoms with Gasteiger partial charge in [-0.25, -0.2) is 4.98 Å². The normalized spacial score (nSPS) is 20.7. The highest BCUT2D eigenvalue weighted by atomic mass is 32.1. The van der Waals surface area contributed by atoms with Gasteiger partial charge in [-0.2, -0.15) is 0 Å². The molecule has 3 rings (SSSR count). The number of para-hydroxylation sites is 1. The molecule has 6 heteroatoms. The van der Waals surface area contributed by atoms with E-state index in [1.54, 1.807) is 11.3 Å². The van der Waals surface area contributed by atoms with E-state index in [-0.39, 0.29) is 17.4 Å².